The number of esters is 1. The van der Waals surface area contributed by atoms with Gasteiger partial charge in [0, 0.05) is 12.1 Å². The number of aryl methyl sites for hydroxylation is 2. The topological polar surface area (TPSA) is 114 Å². The molecule has 9 heteroatoms. The zero-order chi connectivity index (χ0) is 20.3. The van der Waals surface area contributed by atoms with Crippen LogP contribution in [0.1, 0.15) is 20.8 Å². The van der Waals surface area contributed by atoms with Gasteiger partial charge in [-0.25, -0.2) is 4.79 Å². The molecule has 0 aliphatic heterocycles. The Morgan fingerprint density at radius 1 is 1.07 bits per heavy atom. The van der Waals surface area contributed by atoms with Gasteiger partial charge in [0.1, 0.15) is 21.4 Å². The van der Waals surface area contributed by atoms with Crippen LogP contribution in [0.15, 0.2) is 58.8 Å². The summed E-state index contributed by atoms with van der Waals surface area (Å²) in [5, 5.41) is 29.2. The number of nitro groups is 1. The van der Waals surface area contributed by atoms with Gasteiger partial charge in [-0.3, -0.25) is 10.1 Å². The number of nitro benzene ring substituents is 1. The standard InChI is InChI=1S/C19H15N3O5S/c1-11-9-13(10-12(2)18(11)23)20-21-17-8-7-16(28-17)19(24)27-15-5-3-14(4-6-15)22(25)26/h3-10,23H,1-2H3/b21-20+. The summed E-state index contributed by atoms with van der Waals surface area (Å²) in [5.41, 5.74) is 1.91. The number of nitrogens with zero attached hydrogens (tertiary/aromatic N) is 3. The molecule has 2 aromatic carbocycles. The second-order valence-electron chi connectivity index (χ2n) is 5.91. The maximum atomic E-state index is 12.2. The second-order valence-corrected chi connectivity index (χ2v) is 6.97. The van der Waals surface area contributed by atoms with Crippen LogP contribution in [0.5, 0.6) is 11.5 Å². The lowest BCUT2D eigenvalue weighted by Gasteiger charge is -2.03. The van der Waals surface area contributed by atoms with Gasteiger partial charge in [-0.2, -0.15) is 0 Å². The van der Waals surface area contributed by atoms with Crippen LogP contribution >= 0.6 is 11.3 Å². The summed E-state index contributed by atoms with van der Waals surface area (Å²) in [6.45, 7) is 3.55. The molecule has 28 heavy (non-hydrogen) atoms. The van der Waals surface area contributed by atoms with Gasteiger partial charge < -0.3 is 9.84 Å². The minimum atomic E-state index is -0.586. The molecule has 0 aliphatic carbocycles. The highest BCUT2D eigenvalue weighted by atomic mass is 32.1. The molecule has 0 atom stereocenters. The van der Waals surface area contributed by atoms with Crippen molar-refractivity contribution in [2.45, 2.75) is 13.8 Å². The van der Waals surface area contributed by atoms with E-state index in [4.69, 9.17) is 4.74 Å². The van der Waals surface area contributed by atoms with Crippen LogP contribution in [-0.4, -0.2) is 16.0 Å². The van der Waals surface area contributed by atoms with Gasteiger partial charge in [-0.15, -0.1) is 21.6 Å². The number of hydrogen-bond acceptors (Lipinski definition) is 8. The largest absolute Gasteiger partial charge is 0.507 e. The third-order valence-corrected chi connectivity index (χ3v) is 4.74. The first-order valence-corrected chi connectivity index (χ1v) is 8.93. The fourth-order valence-electron chi connectivity index (χ4n) is 2.38. The molecule has 0 unspecified atom stereocenters. The summed E-state index contributed by atoms with van der Waals surface area (Å²) in [7, 11) is 0. The molecule has 1 aromatic heterocycles. The zero-order valence-corrected chi connectivity index (χ0v) is 15.8. The van der Waals surface area contributed by atoms with E-state index in [1.807, 2.05) is 0 Å². The lowest BCUT2D eigenvalue weighted by atomic mass is 10.1. The number of phenols is 1. The SMILES string of the molecule is Cc1cc(/N=N/c2ccc(C(=O)Oc3ccc([N+](=O)[O-])cc3)s2)cc(C)c1O. The number of benzene rings is 2. The van der Waals surface area contributed by atoms with Crippen molar-refractivity contribution < 1.29 is 19.6 Å². The Morgan fingerprint density at radius 2 is 1.71 bits per heavy atom. The van der Waals surface area contributed by atoms with Crippen LogP contribution in [0.4, 0.5) is 16.4 Å². The molecule has 1 heterocycles. The summed E-state index contributed by atoms with van der Waals surface area (Å²) in [4.78, 5) is 22.6. The summed E-state index contributed by atoms with van der Waals surface area (Å²) in [6.07, 6.45) is 0. The molecule has 0 saturated heterocycles. The molecular formula is C19H15N3O5S. The Morgan fingerprint density at radius 3 is 2.32 bits per heavy atom. The van der Waals surface area contributed by atoms with E-state index in [9.17, 15) is 20.0 Å². The molecule has 1 N–H and O–H groups in total. The molecule has 0 aliphatic rings. The van der Waals surface area contributed by atoms with Crippen LogP contribution < -0.4 is 4.74 Å². The maximum Gasteiger partial charge on any atom is 0.353 e. The van der Waals surface area contributed by atoms with E-state index in [0.717, 1.165) is 11.3 Å². The Labute approximate surface area is 163 Å². The third kappa shape index (κ3) is 4.38. The Hall–Kier alpha value is -3.59. The van der Waals surface area contributed by atoms with Crippen molar-refractivity contribution in [2.75, 3.05) is 0 Å². The summed E-state index contributed by atoms with van der Waals surface area (Å²) < 4.78 is 5.20. The monoisotopic (exact) mass is 397 g/mol. The van der Waals surface area contributed by atoms with Crippen molar-refractivity contribution in [3.8, 4) is 11.5 Å². The van der Waals surface area contributed by atoms with Crippen molar-refractivity contribution in [2.24, 2.45) is 10.2 Å². The van der Waals surface area contributed by atoms with Crippen molar-refractivity contribution in [3.05, 3.63) is 74.6 Å². The molecule has 0 radical (unpaired) electrons. The number of non-ortho nitro benzene ring substituents is 1. The first kappa shape index (κ1) is 19.2. The Balaban J connectivity index is 1.69. The molecule has 8 nitrogen and oxygen atoms in total. The van der Waals surface area contributed by atoms with Crippen LogP contribution in [0, 0.1) is 24.0 Å². The highest BCUT2D eigenvalue weighted by Gasteiger charge is 2.13. The first-order chi connectivity index (χ1) is 13.3. The highest BCUT2D eigenvalue weighted by molar-refractivity contribution is 7.17. The van der Waals surface area contributed by atoms with Gasteiger partial charge in [0.05, 0.1) is 10.6 Å². The molecule has 3 rings (SSSR count). The van der Waals surface area contributed by atoms with Crippen LogP contribution in [-0.2, 0) is 0 Å². The van der Waals surface area contributed by atoms with Gasteiger partial charge in [0.15, 0.2) is 0 Å². The van der Waals surface area contributed by atoms with E-state index in [2.05, 4.69) is 10.2 Å². The Kier molecular flexibility index (Phi) is 5.46. The lowest BCUT2D eigenvalue weighted by Crippen LogP contribution is -2.06. The van der Waals surface area contributed by atoms with E-state index < -0.39 is 10.9 Å². The minimum Gasteiger partial charge on any atom is -0.507 e. The lowest BCUT2D eigenvalue weighted by molar-refractivity contribution is -0.384. The number of azo groups is 1. The van der Waals surface area contributed by atoms with Crippen molar-refractivity contribution in [3.63, 3.8) is 0 Å². The number of carbonyl (C=O) groups excluding carboxylic acids is 1. The summed E-state index contributed by atoms with van der Waals surface area (Å²) in [5.74, 6) is -0.148. The number of ether oxygens (including phenoxy) is 1. The molecule has 3 aromatic rings. The quantitative estimate of drug-likeness (QED) is 0.197. The van der Waals surface area contributed by atoms with Crippen molar-refractivity contribution in [1.82, 2.24) is 0 Å². The molecule has 142 valence electrons. The van der Waals surface area contributed by atoms with E-state index >= 15 is 0 Å². The summed E-state index contributed by atoms with van der Waals surface area (Å²) >= 11 is 1.11. The van der Waals surface area contributed by atoms with Crippen LogP contribution in [0.2, 0.25) is 0 Å². The summed E-state index contributed by atoms with van der Waals surface area (Å²) in [6, 6.07) is 11.9. The highest BCUT2D eigenvalue weighted by Crippen LogP contribution is 2.31. The Bertz CT molecular complexity index is 1050. The fraction of sp³-hybridized carbons (Fsp3) is 0.105. The minimum absolute atomic E-state index is 0.0849. The van der Waals surface area contributed by atoms with Crippen LogP contribution in [0.25, 0.3) is 0 Å². The van der Waals surface area contributed by atoms with Crippen molar-refractivity contribution in [1.29, 1.82) is 0 Å². The predicted octanol–water partition coefficient (Wildman–Crippen LogP) is 5.61. The second kappa shape index (κ2) is 7.97. The smallest absolute Gasteiger partial charge is 0.353 e. The fourth-order valence-corrected chi connectivity index (χ4v) is 3.09. The first-order valence-electron chi connectivity index (χ1n) is 8.12. The van der Waals surface area contributed by atoms with E-state index in [0.29, 0.717) is 26.7 Å². The number of aromatic hydroxyl groups is 1. The molecular weight excluding hydrogens is 382 g/mol. The number of hydrogen-bond donors (Lipinski definition) is 1. The van der Waals surface area contributed by atoms with E-state index in [1.54, 1.807) is 38.1 Å². The zero-order valence-electron chi connectivity index (χ0n) is 14.9. The number of thiophene rings is 1. The predicted molar refractivity (Wildman–Crippen MR) is 104 cm³/mol. The van der Waals surface area contributed by atoms with Gasteiger partial charge in [-0.1, -0.05) is 0 Å². The van der Waals surface area contributed by atoms with Crippen LogP contribution in [0.3, 0.4) is 0 Å². The van der Waals surface area contributed by atoms with Gasteiger partial charge in [0.2, 0.25) is 0 Å². The maximum absolute atomic E-state index is 12.2. The van der Waals surface area contributed by atoms with Gasteiger partial charge >= 0.3 is 5.97 Å². The third-order valence-electron chi connectivity index (χ3n) is 3.79. The average Bonchev–Trinajstić information content (AvgIpc) is 3.14. The number of phenolic OH excluding ortho intramolecular Hbond substituents is 1. The molecule has 0 amide bonds. The molecule has 0 saturated carbocycles. The van der Waals surface area contributed by atoms with Gasteiger partial charge in [-0.05, 0) is 61.4 Å². The average molecular weight is 397 g/mol. The molecule has 0 bridgehead atoms. The van der Waals surface area contributed by atoms with Gasteiger partial charge in [0.25, 0.3) is 5.69 Å². The molecule has 0 fully saturated rings. The van der Waals surface area contributed by atoms with E-state index in [1.165, 1.54) is 24.3 Å². The van der Waals surface area contributed by atoms with E-state index in [-0.39, 0.29) is 17.2 Å². The number of carbonyl (C=O) groups is 1. The number of rotatable bonds is 5. The van der Waals surface area contributed by atoms with Crippen molar-refractivity contribution >= 4 is 33.7 Å². The molecule has 0 spiro atoms. The normalized spacial score (nSPS) is 10.9.